The lowest BCUT2D eigenvalue weighted by Crippen LogP contribution is -2.51. The fourth-order valence-electron chi connectivity index (χ4n) is 4.05. The van der Waals surface area contributed by atoms with Crippen LogP contribution in [-0.4, -0.2) is 51.4 Å². The van der Waals surface area contributed by atoms with Gasteiger partial charge in [0.05, 0.1) is 22.7 Å². The molecule has 214 valence electrons. The molecule has 3 aromatic carbocycles. The van der Waals surface area contributed by atoms with Crippen LogP contribution in [0.4, 0.5) is 5.69 Å². The monoisotopic (exact) mass is 585 g/mol. The van der Waals surface area contributed by atoms with Gasteiger partial charge in [-0.05, 0) is 62.2 Å². The molecule has 0 heterocycles. The molecule has 0 aromatic heterocycles. The van der Waals surface area contributed by atoms with E-state index >= 15 is 0 Å². The summed E-state index contributed by atoms with van der Waals surface area (Å²) >= 11 is 6.44. The number of benzene rings is 3. The Bertz CT molecular complexity index is 1400. The molecule has 1 N–H and O–H groups in total. The smallest absolute Gasteiger partial charge is 0.264 e. The van der Waals surface area contributed by atoms with Crippen molar-refractivity contribution in [3.63, 3.8) is 0 Å². The summed E-state index contributed by atoms with van der Waals surface area (Å²) < 4.78 is 34.0. The van der Waals surface area contributed by atoms with Crippen molar-refractivity contribution in [1.82, 2.24) is 10.2 Å². The van der Waals surface area contributed by atoms with Crippen LogP contribution in [0.3, 0.4) is 0 Å². The largest absolute Gasteiger partial charge is 0.497 e. The molecule has 1 atom stereocenters. The predicted octanol–water partition coefficient (Wildman–Crippen LogP) is 5.19. The number of nitrogens with zero attached hydrogens (tertiary/aromatic N) is 2. The molecule has 3 aromatic rings. The summed E-state index contributed by atoms with van der Waals surface area (Å²) in [5.41, 5.74) is 1.82. The van der Waals surface area contributed by atoms with Gasteiger partial charge in [-0.15, -0.1) is 0 Å². The number of sulfonamides is 1. The maximum Gasteiger partial charge on any atom is 0.264 e. The average molecular weight is 586 g/mol. The predicted molar refractivity (Wildman–Crippen MR) is 158 cm³/mol. The number of hydrogen-bond acceptors (Lipinski definition) is 5. The first-order chi connectivity index (χ1) is 19.1. The lowest BCUT2D eigenvalue weighted by atomic mass is 10.1. The Labute approximate surface area is 241 Å². The third-order valence-corrected chi connectivity index (χ3v) is 8.61. The topological polar surface area (TPSA) is 96.0 Å². The van der Waals surface area contributed by atoms with Gasteiger partial charge in [-0.1, -0.05) is 66.9 Å². The minimum absolute atomic E-state index is 0.0258. The highest BCUT2D eigenvalue weighted by Crippen LogP contribution is 2.31. The Morgan fingerprint density at radius 3 is 2.25 bits per heavy atom. The van der Waals surface area contributed by atoms with Crippen LogP contribution in [0, 0.1) is 6.92 Å². The number of anilines is 1. The van der Waals surface area contributed by atoms with Gasteiger partial charge in [0.1, 0.15) is 18.3 Å². The van der Waals surface area contributed by atoms with E-state index in [1.54, 1.807) is 74.7 Å². The van der Waals surface area contributed by atoms with E-state index < -0.39 is 28.5 Å². The molecule has 1 unspecified atom stereocenters. The van der Waals surface area contributed by atoms with Gasteiger partial charge in [-0.3, -0.25) is 13.9 Å². The van der Waals surface area contributed by atoms with Gasteiger partial charge in [0, 0.05) is 13.1 Å². The Kier molecular flexibility index (Phi) is 11.0. The number of para-hydroxylation sites is 1. The van der Waals surface area contributed by atoms with Crippen molar-refractivity contribution in [2.24, 2.45) is 0 Å². The molecule has 8 nitrogen and oxygen atoms in total. The second-order valence-electron chi connectivity index (χ2n) is 9.47. The number of rotatable bonds is 13. The van der Waals surface area contributed by atoms with Gasteiger partial charge in [-0.2, -0.15) is 0 Å². The first-order valence-corrected chi connectivity index (χ1v) is 14.9. The van der Waals surface area contributed by atoms with Crippen molar-refractivity contribution < 1.29 is 22.7 Å². The minimum atomic E-state index is -4.18. The van der Waals surface area contributed by atoms with E-state index in [-0.39, 0.29) is 28.1 Å². The molecule has 0 fully saturated rings. The zero-order chi connectivity index (χ0) is 29.3. The average Bonchev–Trinajstić information content (AvgIpc) is 2.95. The number of amides is 2. The number of methoxy groups -OCH3 is 1. The maximum atomic E-state index is 13.9. The summed E-state index contributed by atoms with van der Waals surface area (Å²) in [4.78, 5) is 28.4. The van der Waals surface area contributed by atoms with Crippen molar-refractivity contribution in [2.45, 2.75) is 51.1 Å². The third kappa shape index (κ3) is 7.76. The standard InChI is InChI=1S/C30H36ClN3O5S/c1-5-6-19-32-30(36)23(3)33(20-24-13-15-25(39-4)16-14-24)29(35)21-34(28-10-8-7-9-27(28)31)40(37,38)26-17-11-22(2)12-18-26/h7-18,23H,5-6,19-21H2,1-4H3,(H,32,36). The normalized spacial score (nSPS) is 11.9. The van der Waals surface area contributed by atoms with Crippen molar-refractivity contribution in [3.8, 4) is 5.75 Å². The van der Waals surface area contributed by atoms with E-state index in [1.165, 1.54) is 17.0 Å². The summed E-state index contributed by atoms with van der Waals surface area (Å²) in [5, 5.41) is 3.05. The lowest BCUT2D eigenvalue weighted by Gasteiger charge is -2.32. The number of halogens is 1. The molecule has 0 aliphatic heterocycles. The van der Waals surface area contributed by atoms with Crippen molar-refractivity contribution in [3.05, 3.63) is 88.9 Å². The molecule has 0 aliphatic carbocycles. The summed E-state index contributed by atoms with van der Waals surface area (Å²) in [6.45, 7) is 5.53. The van der Waals surface area contributed by atoms with Crippen LogP contribution in [0.25, 0.3) is 0 Å². The van der Waals surface area contributed by atoms with Crippen LogP contribution < -0.4 is 14.4 Å². The Hall–Kier alpha value is -3.56. The fourth-order valence-corrected chi connectivity index (χ4v) is 5.77. The summed E-state index contributed by atoms with van der Waals surface area (Å²) in [6, 6.07) is 19.1. The second kappa shape index (κ2) is 14.2. The van der Waals surface area contributed by atoms with E-state index in [0.29, 0.717) is 12.3 Å². The van der Waals surface area contributed by atoms with Gasteiger partial charge in [0.25, 0.3) is 10.0 Å². The number of unbranched alkanes of at least 4 members (excludes halogenated alkanes) is 1. The van der Waals surface area contributed by atoms with Crippen molar-refractivity contribution >= 4 is 39.1 Å². The molecule has 0 bridgehead atoms. The van der Waals surface area contributed by atoms with Crippen molar-refractivity contribution in [1.29, 1.82) is 0 Å². The highest BCUT2D eigenvalue weighted by atomic mass is 35.5. The molecule has 10 heteroatoms. The molecular weight excluding hydrogens is 550 g/mol. The van der Waals surface area contributed by atoms with E-state index in [2.05, 4.69) is 5.32 Å². The first kappa shape index (κ1) is 31.0. The highest BCUT2D eigenvalue weighted by molar-refractivity contribution is 7.92. The summed E-state index contributed by atoms with van der Waals surface area (Å²) in [5.74, 6) is -0.216. The van der Waals surface area contributed by atoms with Crippen LogP contribution in [0.2, 0.25) is 5.02 Å². The number of hydrogen-bond donors (Lipinski definition) is 1. The van der Waals surface area contributed by atoms with E-state index in [0.717, 1.165) is 28.3 Å². The van der Waals surface area contributed by atoms with Crippen LogP contribution in [0.1, 0.15) is 37.8 Å². The minimum Gasteiger partial charge on any atom is -0.497 e. The zero-order valence-electron chi connectivity index (χ0n) is 23.3. The first-order valence-electron chi connectivity index (χ1n) is 13.1. The number of nitrogens with one attached hydrogen (secondary N) is 1. The SMILES string of the molecule is CCCCNC(=O)C(C)N(Cc1ccc(OC)cc1)C(=O)CN(c1ccccc1Cl)S(=O)(=O)c1ccc(C)cc1. The number of aryl methyl sites for hydroxylation is 1. The molecule has 3 rings (SSSR count). The highest BCUT2D eigenvalue weighted by Gasteiger charge is 2.33. The van der Waals surface area contributed by atoms with Crippen LogP contribution in [0.15, 0.2) is 77.7 Å². The van der Waals surface area contributed by atoms with E-state index in [4.69, 9.17) is 16.3 Å². The van der Waals surface area contributed by atoms with Gasteiger partial charge >= 0.3 is 0 Å². The molecular formula is C30H36ClN3O5S. The Balaban J connectivity index is 2.00. The molecule has 2 amide bonds. The molecule has 0 saturated heterocycles. The lowest BCUT2D eigenvalue weighted by molar-refractivity contribution is -0.139. The third-order valence-electron chi connectivity index (χ3n) is 6.52. The van der Waals surface area contributed by atoms with Crippen LogP contribution in [-0.2, 0) is 26.2 Å². The molecule has 0 radical (unpaired) electrons. The van der Waals surface area contributed by atoms with E-state index in [1.807, 2.05) is 13.8 Å². The Morgan fingerprint density at radius 1 is 1.00 bits per heavy atom. The number of carbonyl (C=O) groups excluding carboxylic acids is 2. The van der Waals surface area contributed by atoms with Crippen LogP contribution in [0.5, 0.6) is 5.75 Å². The van der Waals surface area contributed by atoms with E-state index in [9.17, 15) is 18.0 Å². The van der Waals surface area contributed by atoms with Gasteiger partial charge < -0.3 is 15.0 Å². The summed E-state index contributed by atoms with van der Waals surface area (Å²) in [6.07, 6.45) is 1.72. The number of ether oxygens (including phenoxy) is 1. The van der Waals surface area contributed by atoms with Gasteiger partial charge in [-0.25, -0.2) is 8.42 Å². The molecule has 40 heavy (non-hydrogen) atoms. The second-order valence-corrected chi connectivity index (χ2v) is 11.7. The number of carbonyl (C=O) groups is 2. The van der Waals surface area contributed by atoms with Crippen LogP contribution >= 0.6 is 11.6 Å². The maximum absolute atomic E-state index is 13.9. The molecule has 0 saturated carbocycles. The zero-order valence-corrected chi connectivity index (χ0v) is 24.8. The van der Waals surface area contributed by atoms with Gasteiger partial charge in [0.15, 0.2) is 0 Å². The Morgan fingerprint density at radius 2 is 1.65 bits per heavy atom. The van der Waals surface area contributed by atoms with Gasteiger partial charge in [0.2, 0.25) is 11.8 Å². The molecule has 0 spiro atoms. The quantitative estimate of drug-likeness (QED) is 0.279. The fraction of sp³-hybridized carbons (Fsp3) is 0.333. The van der Waals surface area contributed by atoms with Crippen molar-refractivity contribution in [2.75, 3.05) is 24.5 Å². The summed E-state index contributed by atoms with van der Waals surface area (Å²) in [7, 11) is -2.62. The molecule has 0 aliphatic rings.